The van der Waals surface area contributed by atoms with E-state index in [0.717, 1.165) is 19.4 Å². The largest absolute Gasteiger partial charge is 0.369 e. The number of hydrogen-bond donors (Lipinski definition) is 1. The lowest BCUT2D eigenvalue weighted by Crippen LogP contribution is -2.32. The Bertz CT molecular complexity index is 545. The van der Waals surface area contributed by atoms with E-state index in [9.17, 15) is 9.59 Å². The molecule has 1 aliphatic heterocycles. The summed E-state index contributed by atoms with van der Waals surface area (Å²) in [7, 11) is 0. The zero-order valence-electron chi connectivity index (χ0n) is 12.6. The first kappa shape index (κ1) is 15.9. The fraction of sp³-hybridized carbons (Fsp3) is 0.500. The molecule has 4 nitrogen and oxygen atoms in total. The van der Waals surface area contributed by atoms with Crippen LogP contribution in [0.15, 0.2) is 18.2 Å². The molecule has 0 unspecified atom stereocenters. The zero-order chi connectivity index (χ0) is 15.4. The van der Waals surface area contributed by atoms with Gasteiger partial charge in [-0.25, -0.2) is 0 Å². The maximum absolute atomic E-state index is 12.3. The molecule has 1 heterocycles. The molecule has 1 aromatic rings. The predicted molar refractivity (Wildman–Crippen MR) is 86.1 cm³/mol. The molecule has 21 heavy (non-hydrogen) atoms. The predicted octanol–water partition coefficient (Wildman–Crippen LogP) is 2.19. The van der Waals surface area contributed by atoms with E-state index in [1.165, 1.54) is 28.5 Å². The number of likely N-dealkylation sites (tertiary alicyclic amines) is 1. The van der Waals surface area contributed by atoms with Crippen molar-refractivity contribution in [3.8, 4) is 0 Å². The van der Waals surface area contributed by atoms with E-state index >= 15 is 0 Å². The number of aryl methyl sites for hydroxylation is 2. The lowest BCUT2D eigenvalue weighted by molar-refractivity contribution is -0.129. The quantitative estimate of drug-likeness (QED) is 0.907. The van der Waals surface area contributed by atoms with Crippen LogP contribution in [0.25, 0.3) is 0 Å². The summed E-state index contributed by atoms with van der Waals surface area (Å²) < 4.78 is 0. The molecule has 1 aliphatic rings. The van der Waals surface area contributed by atoms with Gasteiger partial charge in [-0.1, -0.05) is 18.2 Å². The van der Waals surface area contributed by atoms with Crippen molar-refractivity contribution in [2.75, 3.05) is 18.1 Å². The number of carbonyl (C=O) groups is 2. The number of benzene rings is 1. The highest BCUT2D eigenvalue weighted by Crippen LogP contribution is 2.33. The van der Waals surface area contributed by atoms with Gasteiger partial charge in [0.05, 0.1) is 17.5 Å². The van der Waals surface area contributed by atoms with Crippen molar-refractivity contribution in [1.82, 2.24) is 4.90 Å². The number of hydrogen-bond acceptors (Lipinski definition) is 3. The van der Waals surface area contributed by atoms with E-state index < -0.39 is 0 Å². The molecule has 114 valence electrons. The minimum absolute atomic E-state index is 0.0991. The van der Waals surface area contributed by atoms with Crippen LogP contribution in [0.5, 0.6) is 0 Å². The van der Waals surface area contributed by atoms with Crippen LogP contribution in [0.4, 0.5) is 0 Å². The molecule has 0 bridgehead atoms. The van der Waals surface area contributed by atoms with Crippen molar-refractivity contribution in [2.45, 2.75) is 32.7 Å². The zero-order valence-corrected chi connectivity index (χ0v) is 13.4. The van der Waals surface area contributed by atoms with E-state index in [2.05, 4.69) is 32.0 Å². The van der Waals surface area contributed by atoms with Crippen LogP contribution in [-0.4, -0.2) is 34.8 Å². The fourth-order valence-electron chi connectivity index (χ4n) is 2.71. The van der Waals surface area contributed by atoms with Crippen LogP contribution < -0.4 is 5.73 Å². The highest BCUT2D eigenvalue weighted by Gasteiger charge is 2.29. The average molecular weight is 306 g/mol. The second kappa shape index (κ2) is 6.98. The molecule has 1 fully saturated rings. The van der Waals surface area contributed by atoms with Gasteiger partial charge in [0.2, 0.25) is 11.8 Å². The Morgan fingerprint density at radius 3 is 2.71 bits per heavy atom. The third kappa shape index (κ3) is 4.00. The Hall–Kier alpha value is -1.49. The van der Waals surface area contributed by atoms with Gasteiger partial charge in [0.25, 0.3) is 0 Å². The number of thioether (sulfide) groups is 1. The Balaban J connectivity index is 2.03. The molecule has 0 aliphatic carbocycles. The Morgan fingerprint density at radius 2 is 2.05 bits per heavy atom. The number of nitrogens with two attached hydrogens (primary N) is 1. The maximum atomic E-state index is 12.3. The summed E-state index contributed by atoms with van der Waals surface area (Å²) in [6, 6.07) is 6.59. The fourth-order valence-corrected chi connectivity index (χ4v) is 3.35. The van der Waals surface area contributed by atoms with Crippen LogP contribution in [0.1, 0.15) is 35.6 Å². The van der Waals surface area contributed by atoms with Gasteiger partial charge >= 0.3 is 0 Å². The van der Waals surface area contributed by atoms with Gasteiger partial charge in [-0.3, -0.25) is 9.59 Å². The molecule has 2 N–H and O–H groups in total. The molecule has 2 rings (SSSR count). The van der Waals surface area contributed by atoms with Gasteiger partial charge in [0.1, 0.15) is 0 Å². The van der Waals surface area contributed by atoms with Gasteiger partial charge in [-0.2, -0.15) is 0 Å². The summed E-state index contributed by atoms with van der Waals surface area (Å²) in [5.41, 5.74) is 8.84. The number of rotatable bonds is 5. The first-order valence-electron chi connectivity index (χ1n) is 7.21. The standard InChI is InChI=1S/C16H22N2O2S/c1-11-5-6-13(8-12(11)2)14-4-3-7-18(14)16(20)10-21-9-15(17)19/h5-6,8,14H,3-4,7,9-10H2,1-2H3,(H2,17,19)/t14-/m0/s1. The van der Waals surface area contributed by atoms with E-state index in [0.29, 0.717) is 5.75 Å². The molecule has 0 radical (unpaired) electrons. The SMILES string of the molecule is Cc1ccc([C@@H]2CCCN2C(=O)CSCC(N)=O)cc1C. The van der Waals surface area contributed by atoms with Crippen LogP contribution in [0, 0.1) is 13.8 Å². The third-order valence-electron chi connectivity index (χ3n) is 3.96. The molecule has 1 saturated heterocycles. The summed E-state index contributed by atoms with van der Waals surface area (Å²) in [5.74, 6) is 0.250. The highest BCUT2D eigenvalue weighted by molar-refractivity contribution is 8.00. The normalized spacial score (nSPS) is 18.0. The minimum Gasteiger partial charge on any atom is -0.369 e. The van der Waals surface area contributed by atoms with Crippen molar-refractivity contribution < 1.29 is 9.59 Å². The molecule has 0 spiro atoms. The van der Waals surface area contributed by atoms with E-state index in [1.54, 1.807) is 0 Å². The molecular weight excluding hydrogens is 284 g/mol. The smallest absolute Gasteiger partial charge is 0.233 e. The summed E-state index contributed by atoms with van der Waals surface area (Å²) >= 11 is 1.29. The number of amides is 2. The van der Waals surface area contributed by atoms with Gasteiger partial charge in [0.15, 0.2) is 0 Å². The van der Waals surface area contributed by atoms with Crippen LogP contribution >= 0.6 is 11.8 Å². The van der Waals surface area contributed by atoms with Crippen molar-refractivity contribution >= 4 is 23.6 Å². The Kier molecular flexibility index (Phi) is 5.28. The second-order valence-electron chi connectivity index (χ2n) is 5.55. The van der Waals surface area contributed by atoms with Gasteiger partial charge < -0.3 is 10.6 Å². The third-order valence-corrected chi connectivity index (χ3v) is 4.90. The lowest BCUT2D eigenvalue weighted by atomic mass is 9.99. The lowest BCUT2D eigenvalue weighted by Gasteiger charge is -2.25. The number of nitrogens with zero attached hydrogens (tertiary/aromatic N) is 1. The summed E-state index contributed by atoms with van der Waals surface area (Å²) in [6.07, 6.45) is 2.04. The molecule has 5 heteroatoms. The molecule has 1 atom stereocenters. The van der Waals surface area contributed by atoms with Crippen molar-refractivity contribution in [3.05, 3.63) is 34.9 Å². The molecule has 0 aromatic heterocycles. The summed E-state index contributed by atoms with van der Waals surface area (Å²) in [4.78, 5) is 25.0. The molecular formula is C16H22N2O2S. The number of primary amides is 1. The van der Waals surface area contributed by atoms with Crippen molar-refractivity contribution in [2.24, 2.45) is 5.73 Å². The van der Waals surface area contributed by atoms with E-state index in [-0.39, 0.29) is 23.6 Å². The van der Waals surface area contributed by atoms with Gasteiger partial charge in [0, 0.05) is 6.54 Å². The molecule has 2 amide bonds. The second-order valence-corrected chi connectivity index (χ2v) is 6.53. The van der Waals surface area contributed by atoms with Crippen molar-refractivity contribution in [1.29, 1.82) is 0 Å². The van der Waals surface area contributed by atoms with E-state index in [4.69, 9.17) is 5.73 Å². The monoisotopic (exact) mass is 306 g/mol. The maximum Gasteiger partial charge on any atom is 0.233 e. The molecule has 1 aromatic carbocycles. The van der Waals surface area contributed by atoms with Crippen LogP contribution in [0.3, 0.4) is 0 Å². The van der Waals surface area contributed by atoms with Gasteiger partial charge in [-0.15, -0.1) is 11.8 Å². The average Bonchev–Trinajstić information content (AvgIpc) is 2.90. The van der Waals surface area contributed by atoms with Crippen LogP contribution in [-0.2, 0) is 9.59 Å². The van der Waals surface area contributed by atoms with Crippen molar-refractivity contribution in [3.63, 3.8) is 0 Å². The molecule has 0 saturated carbocycles. The number of carbonyl (C=O) groups excluding carboxylic acids is 2. The summed E-state index contributed by atoms with van der Waals surface area (Å²) in [6.45, 7) is 4.99. The topological polar surface area (TPSA) is 63.4 Å². The van der Waals surface area contributed by atoms with Gasteiger partial charge in [-0.05, 0) is 43.4 Å². The van der Waals surface area contributed by atoms with E-state index in [1.807, 2.05) is 4.90 Å². The van der Waals surface area contributed by atoms with Crippen LogP contribution in [0.2, 0.25) is 0 Å². The first-order chi connectivity index (χ1) is 9.99. The first-order valence-corrected chi connectivity index (χ1v) is 8.37. The summed E-state index contributed by atoms with van der Waals surface area (Å²) in [5, 5.41) is 0. The minimum atomic E-state index is -0.375. The highest BCUT2D eigenvalue weighted by atomic mass is 32.2. The Labute approximate surface area is 130 Å². The Morgan fingerprint density at radius 1 is 1.29 bits per heavy atom.